The van der Waals surface area contributed by atoms with Gasteiger partial charge in [0, 0.05) is 21.8 Å². The molecule has 7 heteroatoms. The third kappa shape index (κ3) is 3.50. The Labute approximate surface area is 175 Å². The SMILES string of the molecule is Cc1ccc2c(c1)-c1ccccc1S(=O)(=O)N2CC(=O)Nc1ccc(Cl)cc1C. The van der Waals surface area contributed by atoms with Crippen LogP contribution in [-0.4, -0.2) is 20.9 Å². The smallest absolute Gasteiger partial charge is 0.265 e. The molecule has 0 radical (unpaired) electrons. The van der Waals surface area contributed by atoms with Crippen molar-refractivity contribution >= 4 is 38.9 Å². The number of nitrogens with zero attached hydrogens (tertiary/aromatic N) is 1. The zero-order chi connectivity index (χ0) is 20.8. The summed E-state index contributed by atoms with van der Waals surface area (Å²) in [4.78, 5) is 12.9. The molecule has 0 saturated heterocycles. The van der Waals surface area contributed by atoms with Crippen LogP contribution in [0.4, 0.5) is 11.4 Å². The van der Waals surface area contributed by atoms with Gasteiger partial charge in [0.15, 0.2) is 0 Å². The molecule has 3 aromatic rings. The predicted molar refractivity (Wildman–Crippen MR) is 116 cm³/mol. The molecule has 1 amide bonds. The van der Waals surface area contributed by atoms with Crippen LogP contribution < -0.4 is 9.62 Å². The molecule has 4 rings (SSSR count). The molecule has 0 saturated carbocycles. The maximum absolute atomic E-state index is 13.3. The second-order valence-corrected chi connectivity index (χ2v) is 9.30. The zero-order valence-corrected chi connectivity index (χ0v) is 17.5. The van der Waals surface area contributed by atoms with Crippen LogP contribution >= 0.6 is 11.6 Å². The monoisotopic (exact) mass is 426 g/mol. The number of nitrogens with one attached hydrogen (secondary N) is 1. The molecule has 0 bridgehead atoms. The Kier molecular flexibility index (Phi) is 4.84. The van der Waals surface area contributed by atoms with E-state index in [1.54, 1.807) is 42.5 Å². The van der Waals surface area contributed by atoms with E-state index in [9.17, 15) is 13.2 Å². The fraction of sp³-hybridized carbons (Fsp3) is 0.136. The number of sulfonamides is 1. The van der Waals surface area contributed by atoms with Crippen LogP contribution in [-0.2, 0) is 14.8 Å². The van der Waals surface area contributed by atoms with Crippen molar-refractivity contribution in [2.45, 2.75) is 18.7 Å². The van der Waals surface area contributed by atoms with Gasteiger partial charge in [0.25, 0.3) is 10.0 Å². The third-order valence-electron chi connectivity index (χ3n) is 4.92. The highest BCUT2D eigenvalue weighted by atomic mass is 35.5. The highest BCUT2D eigenvalue weighted by Crippen LogP contribution is 2.43. The van der Waals surface area contributed by atoms with Gasteiger partial charge < -0.3 is 5.32 Å². The van der Waals surface area contributed by atoms with Crippen LogP contribution in [0.25, 0.3) is 11.1 Å². The number of carbonyl (C=O) groups excluding carboxylic acids is 1. The summed E-state index contributed by atoms with van der Waals surface area (Å²) in [6.07, 6.45) is 0. The summed E-state index contributed by atoms with van der Waals surface area (Å²) in [6.45, 7) is 3.45. The molecule has 0 spiro atoms. The lowest BCUT2D eigenvalue weighted by Gasteiger charge is -2.32. The van der Waals surface area contributed by atoms with Gasteiger partial charge in [-0.05, 0) is 55.8 Å². The van der Waals surface area contributed by atoms with Gasteiger partial charge >= 0.3 is 0 Å². The molecule has 1 aliphatic rings. The number of carbonyl (C=O) groups is 1. The third-order valence-corrected chi connectivity index (χ3v) is 6.97. The van der Waals surface area contributed by atoms with E-state index in [0.29, 0.717) is 22.0 Å². The molecule has 3 aromatic carbocycles. The maximum atomic E-state index is 13.3. The second kappa shape index (κ2) is 7.21. The molecule has 1 N–H and O–H groups in total. The topological polar surface area (TPSA) is 66.5 Å². The normalized spacial score (nSPS) is 14.1. The summed E-state index contributed by atoms with van der Waals surface area (Å²) in [6, 6.07) is 17.5. The summed E-state index contributed by atoms with van der Waals surface area (Å²) in [5, 5.41) is 3.35. The number of aryl methyl sites for hydroxylation is 2. The van der Waals surface area contributed by atoms with E-state index in [-0.39, 0.29) is 11.4 Å². The first-order chi connectivity index (χ1) is 13.8. The Morgan fingerprint density at radius 1 is 1.00 bits per heavy atom. The molecular formula is C22H19ClN2O3S. The Balaban J connectivity index is 1.73. The first kappa shape index (κ1) is 19.5. The largest absolute Gasteiger partial charge is 0.324 e. The number of amides is 1. The summed E-state index contributed by atoms with van der Waals surface area (Å²) in [5.41, 5.74) is 4.35. The zero-order valence-electron chi connectivity index (χ0n) is 15.9. The van der Waals surface area contributed by atoms with Crippen molar-refractivity contribution in [3.63, 3.8) is 0 Å². The van der Waals surface area contributed by atoms with Crippen molar-refractivity contribution < 1.29 is 13.2 Å². The average Bonchev–Trinajstić information content (AvgIpc) is 2.68. The van der Waals surface area contributed by atoms with Crippen molar-refractivity contribution in [2.75, 3.05) is 16.2 Å². The van der Waals surface area contributed by atoms with E-state index >= 15 is 0 Å². The maximum Gasteiger partial charge on any atom is 0.265 e. The molecule has 0 aliphatic carbocycles. The average molecular weight is 427 g/mol. The van der Waals surface area contributed by atoms with Gasteiger partial charge in [-0.1, -0.05) is 41.4 Å². The standard InChI is InChI=1S/C22H19ClN2O3S/c1-14-7-10-20-18(11-14)17-5-3-4-6-21(17)29(27,28)25(20)13-22(26)24-19-9-8-16(23)12-15(19)2/h3-12H,13H2,1-2H3,(H,24,26). The number of benzene rings is 3. The van der Waals surface area contributed by atoms with E-state index in [2.05, 4.69) is 5.32 Å². The summed E-state index contributed by atoms with van der Waals surface area (Å²) >= 11 is 5.96. The highest BCUT2D eigenvalue weighted by Gasteiger charge is 2.35. The molecular weight excluding hydrogens is 408 g/mol. The lowest BCUT2D eigenvalue weighted by molar-refractivity contribution is -0.114. The van der Waals surface area contributed by atoms with E-state index in [1.165, 1.54) is 4.31 Å². The molecule has 148 valence electrons. The minimum atomic E-state index is -3.86. The fourth-order valence-electron chi connectivity index (χ4n) is 3.50. The summed E-state index contributed by atoms with van der Waals surface area (Å²) in [7, 11) is -3.86. The minimum absolute atomic E-state index is 0.202. The Morgan fingerprint density at radius 2 is 1.76 bits per heavy atom. The quantitative estimate of drug-likeness (QED) is 0.655. The van der Waals surface area contributed by atoms with Crippen molar-refractivity contribution in [3.05, 3.63) is 76.8 Å². The number of anilines is 2. The van der Waals surface area contributed by atoms with Crippen LogP contribution in [0, 0.1) is 13.8 Å². The Bertz CT molecular complexity index is 1240. The van der Waals surface area contributed by atoms with E-state index in [0.717, 1.165) is 16.7 Å². The van der Waals surface area contributed by atoms with Crippen molar-refractivity contribution in [2.24, 2.45) is 0 Å². The first-order valence-electron chi connectivity index (χ1n) is 9.06. The van der Waals surface area contributed by atoms with Crippen LogP contribution in [0.2, 0.25) is 5.02 Å². The number of fused-ring (bicyclic) bond motifs is 3. The molecule has 0 fully saturated rings. The Morgan fingerprint density at radius 3 is 2.52 bits per heavy atom. The van der Waals surface area contributed by atoms with Crippen molar-refractivity contribution in [1.82, 2.24) is 0 Å². The summed E-state index contributed by atoms with van der Waals surface area (Å²) < 4.78 is 27.7. The lowest BCUT2D eigenvalue weighted by Crippen LogP contribution is -2.40. The van der Waals surface area contributed by atoms with Gasteiger partial charge in [0.2, 0.25) is 5.91 Å². The van der Waals surface area contributed by atoms with Gasteiger partial charge in [0.1, 0.15) is 6.54 Å². The van der Waals surface area contributed by atoms with Crippen LogP contribution in [0.15, 0.2) is 65.6 Å². The predicted octanol–water partition coefficient (Wildman–Crippen LogP) is 4.77. The number of rotatable bonds is 3. The molecule has 0 aromatic heterocycles. The van der Waals surface area contributed by atoms with Gasteiger partial charge in [-0.15, -0.1) is 0 Å². The number of hydrogen-bond donors (Lipinski definition) is 1. The molecule has 5 nitrogen and oxygen atoms in total. The van der Waals surface area contributed by atoms with Gasteiger partial charge in [-0.2, -0.15) is 0 Å². The minimum Gasteiger partial charge on any atom is -0.324 e. The second-order valence-electron chi connectivity index (χ2n) is 7.04. The fourth-order valence-corrected chi connectivity index (χ4v) is 5.38. The van der Waals surface area contributed by atoms with Crippen LogP contribution in [0.3, 0.4) is 0 Å². The van der Waals surface area contributed by atoms with E-state index < -0.39 is 15.9 Å². The highest BCUT2D eigenvalue weighted by molar-refractivity contribution is 7.93. The number of halogens is 1. The number of hydrogen-bond acceptors (Lipinski definition) is 3. The molecule has 0 atom stereocenters. The lowest BCUT2D eigenvalue weighted by atomic mass is 10.0. The molecule has 29 heavy (non-hydrogen) atoms. The molecule has 0 unspecified atom stereocenters. The van der Waals surface area contributed by atoms with Crippen LogP contribution in [0.5, 0.6) is 0 Å². The van der Waals surface area contributed by atoms with Gasteiger partial charge in [-0.3, -0.25) is 9.10 Å². The van der Waals surface area contributed by atoms with Gasteiger partial charge in [-0.25, -0.2) is 8.42 Å². The van der Waals surface area contributed by atoms with Gasteiger partial charge in [0.05, 0.1) is 10.6 Å². The Hall–Kier alpha value is -2.83. The van der Waals surface area contributed by atoms with Crippen molar-refractivity contribution in [1.29, 1.82) is 0 Å². The summed E-state index contributed by atoms with van der Waals surface area (Å²) in [5.74, 6) is -0.426. The van der Waals surface area contributed by atoms with E-state index in [1.807, 2.05) is 32.0 Å². The molecule has 1 heterocycles. The van der Waals surface area contributed by atoms with Crippen molar-refractivity contribution in [3.8, 4) is 11.1 Å². The van der Waals surface area contributed by atoms with Crippen LogP contribution in [0.1, 0.15) is 11.1 Å². The van der Waals surface area contributed by atoms with E-state index in [4.69, 9.17) is 11.6 Å². The first-order valence-corrected chi connectivity index (χ1v) is 10.9. The molecule has 1 aliphatic heterocycles.